The van der Waals surface area contributed by atoms with Gasteiger partial charge in [0.25, 0.3) is 0 Å². The van der Waals surface area contributed by atoms with Crippen LogP contribution in [0.4, 0.5) is 0 Å². The molecule has 0 radical (unpaired) electrons. The number of phenolic OH excluding ortho intramolecular Hbond substituents is 1. The van der Waals surface area contributed by atoms with Gasteiger partial charge >= 0.3 is 0 Å². The molecule has 1 fully saturated rings. The van der Waals surface area contributed by atoms with Crippen molar-refractivity contribution in [2.45, 2.75) is 36.0 Å². The summed E-state index contributed by atoms with van der Waals surface area (Å²) in [5.41, 5.74) is -0.799. The molecule has 0 aromatic heterocycles. The molecule has 7 nitrogen and oxygen atoms in total. The molecule has 1 saturated heterocycles. The van der Waals surface area contributed by atoms with Crippen molar-refractivity contribution in [2.75, 3.05) is 6.54 Å². The minimum absolute atomic E-state index is 0.0305. The number of benzene rings is 1. The predicted molar refractivity (Wildman–Crippen MR) is 77.9 cm³/mol. The number of phenols is 1. The molecule has 118 valence electrons. The quantitative estimate of drug-likeness (QED) is 0.735. The molecule has 23 heavy (non-hydrogen) atoms. The number of nitroso groups, excluding NO2 is 1. The van der Waals surface area contributed by atoms with E-state index in [1.165, 1.54) is 23.2 Å². The second-order valence-electron chi connectivity index (χ2n) is 6.69. The van der Waals surface area contributed by atoms with Gasteiger partial charge in [-0.3, -0.25) is 9.80 Å². The third-order valence-electron chi connectivity index (χ3n) is 5.95. The number of ketones is 1. The van der Waals surface area contributed by atoms with Crippen molar-refractivity contribution in [3.63, 3.8) is 0 Å². The zero-order valence-corrected chi connectivity index (χ0v) is 12.1. The second-order valence-corrected chi connectivity index (χ2v) is 6.69. The molecule has 5 rings (SSSR count). The molecule has 1 aromatic carbocycles. The van der Waals surface area contributed by atoms with Crippen molar-refractivity contribution >= 4 is 5.78 Å². The molecular formula is C16H14N2O5. The Labute approximate surface area is 131 Å². The van der Waals surface area contributed by atoms with Crippen LogP contribution in [0.5, 0.6) is 11.5 Å². The van der Waals surface area contributed by atoms with Crippen molar-refractivity contribution < 1.29 is 19.7 Å². The minimum Gasteiger partial charge on any atom is -0.504 e. The molecule has 4 aliphatic rings. The SMILES string of the molecule is O=NN1CC[C@]23c4c5ccc(O)c4O[C@H]2C(=O)C=C[C@@]3(O)[C@H]1C5. The highest BCUT2D eigenvalue weighted by molar-refractivity contribution is 5.99. The summed E-state index contributed by atoms with van der Waals surface area (Å²) in [6.07, 6.45) is 2.69. The third-order valence-corrected chi connectivity index (χ3v) is 5.95. The van der Waals surface area contributed by atoms with Gasteiger partial charge in [0.15, 0.2) is 23.4 Å². The Bertz CT molecular complexity index is 806. The summed E-state index contributed by atoms with van der Waals surface area (Å²) in [5, 5.41) is 26.1. The first kappa shape index (κ1) is 13.1. The molecule has 2 bridgehead atoms. The Morgan fingerprint density at radius 2 is 2.22 bits per heavy atom. The Morgan fingerprint density at radius 1 is 1.39 bits per heavy atom. The number of aromatic hydroxyl groups is 1. The van der Waals surface area contributed by atoms with Gasteiger partial charge < -0.3 is 14.9 Å². The van der Waals surface area contributed by atoms with Gasteiger partial charge in [-0.25, -0.2) is 0 Å². The van der Waals surface area contributed by atoms with Gasteiger partial charge in [0.2, 0.25) is 0 Å². The lowest BCUT2D eigenvalue weighted by Gasteiger charge is -2.59. The maximum atomic E-state index is 12.4. The van der Waals surface area contributed by atoms with E-state index >= 15 is 0 Å². The number of carbonyl (C=O) groups excluding carboxylic acids is 1. The van der Waals surface area contributed by atoms with Crippen molar-refractivity contribution in [1.82, 2.24) is 5.01 Å². The lowest BCUT2D eigenvalue weighted by Crippen LogP contribution is -2.74. The van der Waals surface area contributed by atoms with Crippen LogP contribution in [0.25, 0.3) is 0 Å². The molecule has 4 atom stereocenters. The summed E-state index contributed by atoms with van der Waals surface area (Å²) >= 11 is 0. The highest BCUT2D eigenvalue weighted by atomic mass is 16.5. The van der Waals surface area contributed by atoms with Gasteiger partial charge in [-0.15, -0.1) is 4.91 Å². The number of nitrogens with zero attached hydrogens (tertiary/aromatic N) is 2. The fraction of sp³-hybridized carbons (Fsp3) is 0.438. The lowest BCUT2D eigenvalue weighted by molar-refractivity contribution is -0.154. The number of ether oxygens (including phenoxy) is 1. The van der Waals surface area contributed by atoms with E-state index in [0.717, 1.165) is 5.56 Å². The van der Waals surface area contributed by atoms with Crippen LogP contribution in [0.2, 0.25) is 0 Å². The average molecular weight is 314 g/mol. The average Bonchev–Trinajstić information content (AvgIpc) is 2.89. The first-order chi connectivity index (χ1) is 11.0. The lowest BCUT2D eigenvalue weighted by atomic mass is 9.51. The fourth-order valence-electron chi connectivity index (χ4n) is 5.00. The predicted octanol–water partition coefficient (Wildman–Crippen LogP) is 0.573. The van der Waals surface area contributed by atoms with E-state index < -0.39 is 23.2 Å². The van der Waals surface area contributed by atoms with Crippen LogP contribution in [-0.4, -0.2) is 45.3 Å². The normalized spacial score (nSPS) is 39.0. The summed E-state index contributed by atoms with van der Waals surface area (Å²) in [7, 11) is 0. The third kappa shape index (κ3) is 1.18. The fourth-order valence-corrected chi connectivity index (χ4v) is 5.00. The van der Waals surface area contributed by atoms with Gasteiger partial charge in [-0.1, -0.05) is 6.07 Å². The Kier molecular flexibility index (Phi) is 2.12. The van der Waals surface area contributed by atoms with Crippen molar-refractivity contribution in [3.05, 3.63) is 40.3 Å². The molecule has 1 aromatic rings. The van der Waals surface area contributed by atoms with Gasteiger partial charge in [-0.2, -0.15) is 0 Å². The molecule has 2 aliphatic heterocycles. The second kappa shape index (κ2) is 3.73. The number of hydrogen-bond donors (Lipinski definition) is 2. The van der Waals surface area contributed by atoms with Crippen LogP contribution in [-0.2, 0) is 16.6 Å². The Morgan fingerprint density at radius 3 is 3.00 bits per heavy atom. The topological polar surface area (TPSA) is 99.4 Å². The van der Waals surface area contributed by atoms with E-state index in [2.05, 4.69) is 5.29 Å². The highest BCUT2D eigenvalue weighted by Crippen LogP contribution is 2.63. The van der Waals surface area contributed by atoms with E-state index in [1.54, 1.807) is 6.07 Å². The van der Waals surface area contributed by atoms with E-state index in [9.17, 15) is 19.9 Å². The molecule has 0 amide bonds. The van der Waals surface area contributed by atoms with E-state index in [1.807, 2.05) is 0 Å². The molecule has 0 unspecified atom stereocenters. The maximum Gasteiger partial charge on any atom is 0.196 e. The Hall–Kier alpha value is -2.41. The smallest absolute Gasteiger partial charge is 0.196 e. The molecule has 0 saturated carbocycles. The molecule has 7 heteroatoms. The summed E-state index contributed by atoms with van der Waals surface area (Å²) in [5.74, 6) is 0.0235. The van der Waals surface area contributed by atoms with E-state index in [-0.39, 0.29) is 17.3 Å². The summed E-state index contributed by atoms with van der Waals surface area (Å²) < 4.78 is 5.82. The number of piperidine rings is 1. The van der Waals surface area contributed by atoms with Crippen LogP contribution in [0.1, 0.15) is 17.5 Å². The van der Waals surface area contributed by atoms with Crippen LogP contribution < -0.4 is 4.74 Å². The maximum absolute atomic E-state index is 12.4. The number of rotatable bonds is 1. The molecule has 2 heterocycles. The Balaban J connectivity index is 1.89. The van der Waals surface area contributed by atoms with Crippen molar-refractivity contribution in [1.29, 1.82) is 0 Å². The van der Waals surface area contributed by atoms with Crippen LogP contribution in [0.3, 0.4) is 0 Å². The van der Waals surface area contributed by atoms with E-state index in [0.29, 0.717) is 24.9 Å². The summed E-state index contributed by atoms with van der Waals surface area (Å²) in [6.45, 7) is 0.339. The van der Waals surface area contributed by atoms with Crippen molar-refractivity contribution in [3.8, 4) is 11.5 Å². The molecule has 1 spiro atoms. The van der Waals surface area contributed by atoms with Crippen molar-refractivity contribution in [2.24, 2.45) is 5.29 Å². The number of carbonyl (C=O) groups is 1. The standard InChI is InChI=1S/C16H14N2O5/c19-9-2-1-8-7-11-16(21)4-3-10(20)14-15(16,5-6-18(11)17-22)12(8)13(9)23-14/h1-4,11,14,19,21H,5-7H2/t11-,14+,15+,16-/m1/s1. The molecule has 2 N–H and O–H groups in total. The monoisotopic (exact) mass is 314 g/mol. The van der Waals surface area contributed by atoms with Crippen LogP contribution >= 0.6 is 0 Å². The summed E-state index contributed by atoms with van der Waals surface area (Å²) in [4.78, 5) is 23.6. The molecule has 2 aliphatic carbocycles. The van der Waals surface area contributed by atoms with Crippen LogP contribution in [0.15, 0.2) is 29.6 Å². The zero-order valence-electron chi connectivity index (χ0n) is 12.1. The van der Waals surface area contributed by atoms with E-state index in [4.69, 9.17) is 4.74 Å². The van der Waals surface area contributed by atoms with Gasteiger partial charge in [0.1, 0.15) is 5.60 Å². The van der Waals surface area contributed by atoms with Gasteiger partial charge in [0, 0.05) is 12.1 Å². The largest absolute Gasteiger partial charge is 0.504 e. The number of hydrogen-bond acceptors (Lipinski definition) is 6. The van der Waals surface area contributed by atoms with Gasteiger partial charge in [0.05, 0.1) is 16.7 Å². The van der Waals surface area contributed by atoms with Crippen LogP contribution in [0, 0.1) is 4.91 Å². The molecular weight excluding hydrogens is 300 g/mol. The first-order valence-corrected chi connectivity index (χ1v) is 7.60. The highest BCUT2D eigenvalue weighted by Gasteiger charge is 2.72. The number of aliphatic hydroxyl groups is 1. The zero-order chi connectivity index (χ0) is 16.0. The minimum atomic E-state index is -1.43. The summed E-state index contributed by atoms with van der Waals surface area (Å²) in [6, 6.07) is 2.75. The van der Waals surface area contributed by atoms with Gasteiger partial charge in [-0.05, 0) is 36.6 Å². The first-order valence-electron chi connectivity index (χ1n) is 7.60.